The number of halogens is 1. The van der Waals surface area contributed by atoms with E-state index in [1.54, 1.807) is 24.2 Å². The van der Waals surface area contributed by atoms with Crippen molar-refractivity contribution in [2.24, 2.45) is 7.05 Å². The molecule has 1 aromatic carbocycles. The van der Waals surface area contributed by atoms with Gasteiger partial charge in [0.05, 0.1) is 12.0 Å². The molecule has 1 aliphatic rings. The molecule has 1 aromatic heterocycles. The summed E-state index contributed by atoms with van der Waals surface area (Å²) in [7, 11) is 1.98. The minimum absolute atomic E-state index is 0.159. The highest BCUT2D eigenvalue weighted by molar-refractivity contribution is 7.99. The van der Waals surface area contributed by atoms with E-state index in [9.17, 15) is 4.39 Å². The summed E-state index contributed by atoms with van der Waals surface area (Å²) in [5, 5.41) is 3.51. The van der Waals surface area contributed by atoms with Gasteiger partial charge in [-0.15, -0.1) is 11.8 Å². The van der Waals surface area contributed by atoms with Gasteiger partial charge in [-0.1, -0.05) is 0 Å². The fourth-order valence-corrected chi connectivity index (χ4v) is 3.47. The van der Waals surface area contributed by atoms with E-state index in [2.05, 4.69) is 10.3 Å². The van der Waals surface area contributed by atoms with Gasteiger partial charge in [0.2, 0.25) is 0 Å². The zero-order valence-corrected chi connectivity index (χ0v) is 11.6. The molecule has 1 atom stereocenters. The average molecular weight is 277 g/mol. The van der Waals surface area contributed by atoms with Gasteiger partial charge >= 0.3 is 0 Å². The van der Waals surface area contributed by atoms with Crippen molar-refractivity contribution in [1.82, 2.24) is 14.9 Å². The lowest BCUT2D eigenvalue weighted by atomic mass is 10.0. The number of aryl methyl sites for hydroxylation is 1. The molecule has 0 spiro atoms. The first-order valence-electron chi connectivity index (χ1n) is 6.35. The summed E-state index contributed by atoms with van der Waals surface area (Å²) in [6.45, 7) is 0.752. The zero-order valence-electron chi connectivity index (χ0n) is 10.8. The first kappa shape index (κ1) is 12.7. The van der Waals surface area contributed by atoms with Crippen molar-refractivity contribution in [2.75, 3.05) is 5.75 Å². The summed E-state index contributed by atoms with van der Waals surface area (Å²) in [6.07, 6.45) is 4.68. The minimum atomic E-state index is -0.159. The number of benzene rings is 1. The van der Waals surface area contributed by atoms with E-state index in [-0.39, 0.29) is 11.9 Å². The van der Waals surface area contributed by atoms with Crippen LogP contribution in [0.2, 0.25) is 0 Å². The van der Waals surface area contributed by atoms with Crippen LogP contribution in [0.5, 0.6) is 0 Å². The first-order valence-corrected chi connectivity index (χ1v) is 7.33. The van der Waals surface area contributed by atoms with E-state index >= 15 is 0 Å². The summed E-state index contributed by atoms with van der Waals surface area (Å²) in [5.41, 5.74) is 2.22. The van der Waals surface area contributed by atoms with Gasteiger partial charge in [-0.25, -0.2) is 9.37 Å². The molecule has 0 aliphatic carbocycles. The maximum absolute atomic E-state index is 13.4. The predicted octanol–water partition coefficient (Wildman–Crippen LogP) is 2.89. The lowest BCUT2D eigenvalue weighted by Gasteiger charge is -2.26. The van der Waals surface area contributed by atoms with Gasteiger partial charge in [0.1, 0.15) is 5.82 Å². The highest BCUT2D eigenvalue weighted by atomic mass is 32.2. The Hall–Kier alpha value is -1.33. The number of aromatic nitrogens is 2. The Morgan fingerprint density at radius 3 is 3.21 bits per heavy atom. The molecular formula is C14H16FN3S. The third-order valence-corrected chi connectivity index (χ3v) is 4.58. The maximum Gasteiger partial charge on any atom is 0.123 e. The van der Waals surface area contributed by atoms with Crippen LogP contribution in [-0.4, -0.2) is 15.3 Å². The van der Waals surface area contributed by atoms with Gasteiger partial charge in [0, 0.05) is 30.7 Å². The molecule has 0 amide bonds. The average Bonchev–Trinajstić information content (AvgIpc) is 2.82. The van der Waals surface area contributed by atoms with Crippen LogP contribution in [0.25, 0.3) is 0 Å². The molecule has 0 unspecified atom stereocenters. The van der Waals surface area contributed by atoms with Crippen LogP contribution in [0.3, 0.4) is 0 Å². The van der Waals surface area contributed by atoms with Crippen molar-refractivity contribution < 1.29 is 4.39 Å². The number of nitrogens with zero attached hydrogens (tertiary/aromatic N) is 2. The van der Waals surface area contributed by atoms with Crippen molar-refractivity contribution in [1.29, 1.82) is 0 Å². The van der Waals surface area contributed by atoms with Gasteiger partial charge in [0.25, 0.3) is 0 Å². The van der Waals surface area contributed by atoms with Crippen LogP contribution in [-0.2, 0) is 13.6 Å². The third kappa shape index (κ3) is 2.67. The Labute approximate surface area is 116 Å². The van der Waals surface area contributed by atoms with Crippen LogP contribution >= 0.6 is 11.8 Å². The molecule has 5 heteroatoms. The molecular weight excluding hydrogens is 261 g/mol. The van der Waals surface area contributed by atoms with E-state index in [1.165, 1.54) is 11.0 Å². The van der Waals surface area contributed by atoms with Crippen molar-refractivity contribution in [3.05, 3.63) is 47.8 Å². The summed E-state index contributed by atoms with van der Waals surface area (Å²) in [4.78, 5) is 5.29. The Kier molecular flexibility index (Phi) is 3.57. The molecule has 0 radical (unpaired) electrons. The second-order valence-corrected chi connectivity index (χ2v) is 5.89. The quantitative estimate of drug-likeness (QED) is 0.935. The second kappa shape index (κ2) is 5.35. The van der Waals surface area contributed by atoms with Crippen molar-refractivity contribution in [2.45, 2.75) is 23.9 Å². The molecule has 3 nitrogen and oxygen atoms in total. The van der Waals surface area contributed by atoms with Gasteiger partial charge in [0.15, 0.2) is 0 Å². The first-order chi connectivity index (χ1) is 9.24. The molecule has 19 heavy (non-hydrogen) atoms. The summed E-state index contributed by atoms with van der Waals surface area (Å²) < 4.78 is 15.4. The fraction of sp³-hybridized carbons (Fsp3) is 0.357. The SMILES string of the molecule is Cn1cncc1CN[C@@H]1CCSc2ccc(F)cc21. The van der Waals surface area contributed by atoms with Gasteiger partial charge in [-0.2, -0.15) is 0 Å². The lowest BCUT2D eigenvalue weighted by Crippen LogP contribution is -2.25. The molecule has 1 aliphatic heterocycles. The molecule has 0 saturated carbocycles. The molecule has 1 N–H and O–H groups in total. The lowest BCUT2D eigenvalue weighted by molar-refractivity contribution is 0.495. The number of hydrogen-bond acceptors (Lipinski definition) is 3. The summed E-state index contributed by atoms with van der Waals surface area (Å²) in [6, 6.07) is 5.30. The molecule has 2 aromatic rings. The normalized spacial score (nSPS) is 18.3. The van der Waals surface area contributed by atoms with Crippen molar-refractivity contribution >= 4 is 11.8 Å². The number of fused-ring (bicyclic) bond motifs is 1. The summed E-state index contributed by atoms with van der Waals surface area (Å²) >= 11 is 1.80. The van der Waals surface area contributed by atoms with E-state index in [0.717, 1.165) is 30.0 Å². The molecule has 0 fully saturated rings. The van der Waals surface area contributed by atoms with E-state index in [0.29, 0.717) is 0 Å². The number of imidazole rings is 1. The smallest absolute Gasteiger partial charge is 0.123 e. The van der Waals surface area contributed by atoms with Crippen LogP contribution in [0.4, 0.5) is 4.39 Å². The predicted molar refractivity (Wildman–Crippen MR) is 74.5 cm³/mol. The highest BCUT2D eigenvalue weighted by Crippen LogP contribution is 2.36. The van der Waals surface area contributed by atoms with Crippen molar-refractivity contribution in [3.8, 4) is 0 Å². The number of thioether (sulfide) groups is 1. The largest absolute Gasteiger partial charge is 0.337 e. The monoisotopic (exact) mass is 277 g/mol. The number of nitrogens with one attached hydrogen (secondary N) is 1. The molecule has 0 saturated heterocycles. The Balaban J connectivity index is 1.76. The summed E-state index contributed by atoms with van der Waals surface area (Å²) in [5.74, 6) is 0.912. The second-order valence-electron chi connectivity index (χ2n) is 4.75. The fourth-order valence-electron chi connectivity index (χ4n) is 2.36. The Morgan fingerprint density at radius 2 is 2.42 bits per heavy atom. The van der Waals surface area contributed by atoms with Gasteiger partial charge in [-0.3, -0.25) is 0 Å². The van der Waals surface area contributed by atoms with Crippen LogP contribution < -0.4 is 5.32 Å². The van der Waals surface area contributed by atoms with Crippen LogP contribution in [0.15, 0.2) is 35.6 Å². The van der Waals surface area contributed by atoms with E-state index in [1.807, 2.05) is 23.9 Å². The molecule has 100 valence electrons. The maximum atomic E-state index is 13.4. The van der Waals surface area contributed by atoms with Gasteiger partial charge in [-0.05, 0) is 35.9 Å². The third-order valence-electron chi connectivity index (χ3n) is 3.46. The van der Waals surface area contributed by atoms with Crippen LogP contribution in [0.1, 0.15) is 23.7 Å². The van der Waals surface area contributed by atoms with Crippen LogP contribution in [0, 0.1) is 5.82 Å². The minimum Gasteiger partial charge on any atom is -0.337 e. The standard InChI is InChI=1S/C14H16FN3S/c1-18-9-16-7-11(18)8-17-13-4-5-19-14-3-2-10(15)6-12(13)14/h2-3,6-7,9,13,17H,4-5,8H2,1H3/t13-/m1/s1. The van der Waals surface area contributed by atoms with Gasteiger partial charge < -0.3 is 9.88 Å². The van der Waals surface area contributed by atoms with E-state index < -0.39 is 0 Å². The highest BCUT2D eigenvalue weighted by Gasteiger charge is 2.21. The number of hydrogen-bond donors (Lipinski definition) is 1. The molecule has 2 heterocycles. The van der Waals surface area contributed by atoms with E-state index in [4.69, 9.17) is 0 Å². The number of rotatable bonds is 3. The van der Waals surface area contributed by atoms with Crippen molar-refractivity contribution in [3.63, 3.8) is 0 Å². The zero-order chi connectivity index (χ0) is 13.2. The molecule has 3 rings (SSSR count). The Bertz CT molecular complexity index is 582. The topological polar surface area (TPSA) is 29.9 Å². The Morgan fingerprint density at radius 1 is 1.53 bits per heavy atom. The molecule has 0 bridgehead atoms.